The molecule has 0 aliphatic carbocycles. The zero-order chi connectivity index (χ0) is 13.7. The maximum Gasteiger partial charge on any atom is 0.371 e. The van der Waals surface area contributed by atoms with Crippen LogP contribution in [0.2, 0.25) is 0 Å². The monoisotopic (exact) mass is 273 g/mol. The number of aromatic carboxylic acids is 1. The Morgan fingerprint density at radius 2 is 2.11 bits per heavy atom. The summed E-state index contributed by atoms with van der Waals surface area (Å²) in [7, 11) is -1.42. The van der Waals surface area contributed by atoms with Crippen LogP contribution in [0.1, 0.15) is 30.2 Å². The molecule has 0 bridgehead atoms. The predicted octanol–water partition coefficient (Wildman–Crippen LogP) is 0.751. The van der Waals surface area contributed by atoms with E-state index in [0.717, 1.165) is 0 Å². The van der Waals surface area contributed by atoms with Crippen LogP contribution in [-0.2, 0) is 21.3 Å². The average molecular weight is 273 g/mol. The molecule has 1 aromatic rings. The van der Waals surface area contributed by atoms with Gasteiger partial charge in [-0.15, -0.1) is 0 Å². The molecule has 1 atom stereocenters. The molecule has 1 heterocycles. The first-order valence-corrected chi connectivity index (χ1v) is 6.83. The van der Waals surface area contributed by atoms with E-state index in [2.05, 4.69) is 5.32 Å². The van der Waals surface area contributed by atoms with Crippen molar-refractivity contribution in [2.75, 3.05) is 5.75 Å². The summed E-state index contributed by atoms with van der Waals surface area (Å²) < 4.78 is 16.6. The smallest absolute Gasteiger partial charge is 0.371 e. The quantitative estimate of drug-likeness (QED) is 0.797. The lowest BCUT2D eigenvalue weighted by molar-refractivity contribution is -0.119. The van der Waals surface area contributed by atoms with Crippen LogP contribution in [0, 0.1) is 0 Å². The molecule has 18 heavy (non-hydrogen) atoms. The van der Waals surface area contributed by atoms with Crippen molar-refractivity contribution in [2.45, 2.75) is 25.6 Å². The second kappa shape index (κ2) is 6.34. The number of carboxylic acids is 1. The van der Waals surface area contributed by atoms with Gasteiger partial charge in [0.05, 0.1) is 5.75 Å². The van der Waals surface area contributed by atoms with Crippen LogP contribution in [0.15, 0.2) is 16.5 Å². The Kier molecular flexibility index (Phi) is 5.08. The summed E-state index contributed by atoms with van der Waals surface area (Å²) in [6.45, 7) is 3.62. The van der Waals surface area contributed by atoms with Crippen molar-refractivity contribution in [1.29, 1.82) is 0 Å². The maximum absolute atomic E-state index is 11.6. The van der Waals surface area contributed by atoms with Crippen LogP contribution in [0.5, 0.6) is 0 Å². The van der Waals surface area contributed by atoms with Crippen molar-refractivity contribution >= 4 is 22.7 Å². The Morgan fingerprint density at radius 3 is 2.61 bits per heavy atom. The molecule has 1 rings (SSSR count). The highest BCUT2D eigenvalue weighted by molar-refractivity contribution is 7.84. The standard InChI is InChI=1S/C11H15NO5S/c1-7(2)12-10(13)6-18(16)5-8-3-4-9(17-8)11(14)15/h3-4,7H,5-6H2,1-2H3,(H,12,13)(H,14,15). The Balaban J connectivity index is 2.49. The molecule has 0 aliphatic heterocycles. The molecule has 1 amide bonds. The van der Waals surface area contributed by atoms with E-state index >= 15 is 0 Å². The van der Waals surface area contributed by atoms with Gasteiger partial charge in [-0.05, 0) is 26.0 Å². The third kappa shape index (κ3) is 4.70. The molecule has 100 valence electrons. The minimum Gasteiger partial charge on any atom is -0.475 e. The van der Waals surface area contributed by atoms with Gasteiger partial charge in [0.25, 0.3) is 0 Å². The third-order valence-corrected chi connectivity index (χ3v) is 3.11. The van der Waals surface area contributed by atoms with Gasteiger partial charge < -0.3 is 14.8 Å². The molecule has 0 saturated heterocycles. The average Bonchev–Trinajstić information content (AvgIpc) is 2.63. The van der Waals surface area contributed by atoms with E-state index in [1.807, 2.05) is 13.8 Å². The topological polar surface area (TPSA) is 96.6 Å². The van der Waals surface area contributed by atoms with Gasteiger partial charge in [0.1, 0.15) is 11.5 Å². The molecule has 2 N–H and O–H groups in total. The van der Waals surface area contributed by atoms with Crippen LogP contribution in [0.3, 0.4) is 0 Å². The zero-order valence-corrected chi connectivity index (χ0v) is 11.0. The number of rotatable bonds is 6. The van der Waals surface area contributed by atoms with Crippen molar-refractivity contribution in [1.82, 2.24) is 5.32 Å². The minimum atomic E-state index is -1.42. The van der Waals surface area contributed by atoms with Gasteiger partial charge in [-0.2, -0.15) is 0 Å². The van der Waals surface area contributed by atoms with Crippen LogP contribution >= 0.6 is 0 Å². The van der Waals surface area contributed by atoms with Crippen LogP contribution < -0.4 is 5.32 Å². The van der Waals surface area contributed by atoms with E-state index in [0.29, 0.717) is 5.76 Å². The zero-order valence-electron chi connectivity index (χ0n) is 10.1. The van der Waals surface area contributed by atoms with Crippen molar-refractivity contribution in [3.05, 3.63) is 23.7 Å². The molecule has 1 aromatic heterocycles. The molecule has 6 nitrogen and oxygen atoms in total. The van der Waals surface area contributed by atoms with Crippen LogP contribution in [0.4, 0.5) is 0 Å². The van der Waals surface area contributed by atoms with E-state index in [9.17, 15) is 13.8 Å². The van der Waals surface area contributed by atoms with Gasteiger partial charge in [-0.1, -0.05) is 0 Å². The highest BCUT2D eigenvalue weighted by Gasteiger charge is 2.13. The van der Waals surface area contributed by atoms with Crippen molar-refractivity contribution in [3.63, 3.8) is 0 Å². The minimum absolute atomic E-state index is 0.00303. The van der Waals surface area contributed by atoms with Gasteiger partial charge in [0, 0.05) is 16.8 Å². The predicted molar refractivity (Wildman–Crippen MR) is 65.7 cm³/mol. The van der Waals surface area contributed by atoms with Gasteiger partial charge in [-0.25, -0.2) is 4.79 Å². The first kappa shape index (κ1) is 14.4. The van der Waals surface area contributed by atoms with Crippen molar-refractivity contribution < 1.29 is 23.3 Å². The molecule has 7 heteroatoms. The van der Waals surface area contributed by atoms with E-state index in [4.69, 9.17) is 9.52 Å². The first-order chi connectivity index (χ1) is 8.38. The molecule has 0 radical (unpaired) electrons. The van der Waals surface area contributed by atoms with E-state index in [1.165, 1.54) is 12.1 Å². The summed E-state index contributed by atoms with van der Waals surface area (Å²) in [5, 5.41) is 11.3. The van der Waals surface area contributed by atoms with Gasteiger partial charge in [-0.3, -0.25) is 9.00 Å². The molecule has 0 spiro atoms. The van der Waals surface area contributed by atoms with E-state index < -0.39 is 16.8 Å². The molecule has 0 aliphatic rings. The third-order valence-electron chi connectivity index (χ3n) is 1.92. The SMILES string of the molecule is CC(C)NC(=O)CS(=O)Cc1ccc(C(=O)O)o1. The highest BCUT2D eigenvalue weighted by Crippen LogP contribution is 2.10. The largest absolute Gasteiger partial charge is 0.475 e. The van der Waals surface area contributed by atoms with E-state index in [1.54, 1.807) is 0 Å². The van der Waals surface area contributed by atoms with Crippen LogP contribution in [0.25, 0.3) is 0 Å². The first-order valence-electron chi connectivity index (χ1n) is 5.35. The molecule has 0 saturated carbocycles. The summed E-state index contributed by atoms with van der Waals surface area (Å²) in [5.74, 6) is -1.48. The number of carbonyl (C=O) groups excluding carboxylic acids is 1. The van der Waals surface area contributed by atoms with Gasteiger partial charge in [0.15, 0.2) is 0 Å². The highest BCUT2D eigenvalue weighted by atomic mass is 32.2. The second-order valence-corrected chi connectivity index (χ2v) is 5.48. The fraction of sp³-hybridized carbons (Fsp3) is 0.455. The number of hydrogen-bond donors (Lipinski definition) is 2. The summed E-state index contributed by atoms with van der Waals surface area (Å²) >= 11 is 0. The van der Waals surface area contributed by atoms with Gasteiger partial charge in [0.2, 0.25) is 11.7 Å². The lowest BCUT2D eigenvalue weighted by Crippen LogP contribution is -2.33. The Bertz CT molecular complexity index is 466. The fourth-order valence-electron chi connectivity index (χ4n) is 1.29. The number of amides is 1. The Hall–Kier alpha value is -1.63. The molecule has 1 unspecified atom stereocenters. The Morgan fingerprint density at radius 1 is 1.44 bits per heavy atom. The lowest BCUT2D eigenvalue weighted by atomic mass is 10.4. The van der Waals surface area contributed by atoms with E-state index in [-0.39, 0.29) is 29.2 Å². The molecule has 0 aromatic carbocycles. The number of carbonyl (C=O) groups is 2. The molecule has 0 fully saturated rings. The molecular formula is C11H15NO5S. The second-order valence-electron chi connectivity index (χ2n) is 4.02. The van der Waals surface area contributed by atoms with Crippen molar-refractivity contribution in [2.24, 2.45) is 0 Å². The summed E-state index contributed by atoms with van der Waals surface area (Å²) in [4.78, 5) is 21.9. The fourth-order valence-corrected chi connectivity index (χ4v) is 2.24. The van der Waals surface area contributed by atoms with Gasteiger partial charge >= 0.3 is 5.97 Å². The Labute approximate surface area is 107 Å². The maximum atomic E-state index is 11.6. The number of carboxylic acid groups (broad SMARTS) is 1. The van der Waals surface area contributed by atoms with Crippen LogP contribution in [-0.4, -0.2) is 33.0 Å². The number of furan rings is 1. The molecular weight excluding hydrogens is 258 g/mol. The summed E-state index contributed by atoms with van der Waals surface area (Å²) in [5.41, 5.74) is 0. The summed E-state index contributed by atoms with van der Waals surface area (Å²) in [6, 6.07) is 2.74. The number of nitrogens with one attached hydrogen (secondary N) is 1. The summed E-state index contributed by atoms with van der Waals surface area (Å²) in [6.07, 6.45) is 0. The van der Waals surface area contributed by atoms with Crippen molar-refractivity contribution in [3.8, 4) is 0 Å². The normalized spacial score (nSPS) is 12.4. The lowest BCUT2D eigenvalue weighted by Gasteiger charge is -2.07. The number of hydrogen-bond acceptors (Lipinski definition) is 4.